The number of fused-ring (bicyclic) bond motifs is 3. The first-order valence-electron chi connectivity index (χ1n) is 23.8. The van der Waals surface area contributed by atoms with Crippen LogP contribution in [0.4, 0.5) is 16.6 Å². The highest BCUT2D eigenvalue weighted by Gasteiger charge is 2.32. The van der Waals surface area contributed by atoms with Crippen molar-refractivity contribution >= 4 is 78.7 Å². The number of aromatic carboxylic acids is 1. The summed E-state index contributed by atoms with van der Waals surface area (Å²) in [5.74, 6) is -0.761. The van der Waals surface area contributed by atoms with E-state index in [0.717, 1.165) is 70.3 Å². The monoisotopic (exact) mass is 959 g/mol. The topological polar surface area (TPSA) is 201 Å². The van der Waals surface area contributed by atoms with E-state index in [1.165, 1.54) is 16.9 Å². The number of aryl methyl sites for hydroxylation is 2. The summed E-state index contributed by atoms with van der Waals surface area (Å²) in [6.45, 7) is 3.38. The number of rotatable bonds is 15. The number of hydrogen-bond donors (Lipinski definition) is 4. The van der Waals surface area contributed by atoms with Crippen molar-refractivity contribution in [1.29, 1.82) is 0 Å². The highest BCUT2D eigenvalue weighted by atomic mass is 32.1. The average molecular weight is 960 g/mol. The number of piperidine rings is 2. The molecule has 10 rings (SSSR count). The maximum absolute atomic E-state index is 13.5. The van der Waals surface area contributed by atoms with Gasteiger partial charge < -0.3 is 20.1 Å². The summed E-state index contributed by atoms with van der Waals surface area (Å²) >= 11 is 1.43. The van der Waals surface area contributed by atoms with Crippen LogP contribution in [0, 0.1) is 5.92 Å². The fourth-order valence-corrected chi connectivity index (χ4v) is 10.9. The van der Waals surface area contributed by atoms with Gasteiger partial charge in [0, 0.05) is 37.5 Å². The number of nitrogens with zero attached hydrogens (tertiary/aromatic N) is 6. The van der Waals surface area contributed by atoms with Crippen molar-refractivity contribution in [2.45, 2.75) is 63.8 Å². The Morgan fingerprint density at radius 3 is 2.49 bits per heavy atom. The second-order valence-electron chi connectivity index (χ2n) is 18.3. The molecule has 2 fully saturated rings. The molecule has 0 saturated carbocycles. The Balaban J connectivity index is 0.672. The molecule has 17 heteroatoms. The quantitative estimate of drug-likeness (QED) is 0.0583. The van der Waals surface area contributed by atoms with E-state index in [4.69, 9.17) is 4.74 Å². The fraction of sp³-hybridized carbons (Fsp3) is 0.321. The number of carbonyl (C=O) groups excluding carboxylic acids is 4. The molecule has 1 atom stereocenters. The maximum Gasteiger partial charge on any atom is 0.354 e. The van der Waals surface area contributed by atoms with Crippen LogP contribution >= 0.6 is 11.3 Å². The summed E-state index contributed by atoms with van der Waals surface area (Å²) in [5, 5.41) is 24.6. The maximum atomic E-state index is 13.5. The van der Waals surface area contributed by atoms with Crippen molar-refractivity contribution in [2.24, 2.45) is 13.0 Å². The summed E-state index contributed by atoms with van der Waals surface area (Å²) in [7, 11) is 1.79. The van der Waals surface area contributed by atoms with Gasteiger partial charge in [-0.25, -0.2) is 14.8 Å². The number of thiazole rings is 1. The van der Waals surface area contributed by atoms with Crippen molar-refractivity contribution in [3.8, 4) is 5.75 Å². The molecule has 0 aliphatic carbocycles. The number of pyridine rings is 1. The van der Waals surface area contributed by atoms with Crippen LogP contribution < -0.4 is 25.6 Å². The molecule has 2 saturated heterocycles. The third kappa shape index (κ3) is 10.1. The molecule has 16 nitrogen and oxygen atoms in total. The number of hydrogen-bond acceptors (Lipinski definition) is 12. The van der Waals surface area contributed by atoms with E-state index in [1.807, 2.05) is 89.8 Å². The van der Waals surface area contributed by atoms with Gasteiger partial charge in [0.15, 0.2) is 10.8 Å². The van der Waals surface area contributed by atoms with Crippen molar-refractivity contribution in [3.05, 3.63) is 136 Å². The van der Waals surface area contributed by atoms with E-state index < -0.39 is 11.9 Å². The lowest BCUT2D eigenvalue weighted by atomic mass is 9.90. The molecule has 358 valence electrons. The van der Waals surface area contributed by atoms with E-state index >= 15 is 0 Å². The predicted octanol–water partition coefficient (Wildman–Crippen LogP) is 7.52. The number of aromatic nitrogens is 4. The molecular weight excluding hydrogens is 907 g/mol. The summed E-state index contributed by atoms with van der Waals surface area (Å²) in [5.41, 5.74) is 7.23. The number of benzene rings is 4. The number of carbonyl (C=O) groups is 5. The van der Waals surface area contributed by atoms with Crippen LogP contribution in [-0.2, 0) is 47.2 Å². The zero-order valence-electron chi connectivity index (χ0n) is 38.8. The number of carboxylic acid groups (broad SMARTS) is 1. The number of carboxylic acids is 1. The summed E-state index contributed by atoms with van der Waals surface area (Å²) < 4.78 is 8.76. The van der Waals surface area contributed by atoms with Crippen molar-refractivity contribution in [3.63, 3.8) is 0 Å². The van der Waals surface area contributed by atoms with Gasteiger partial charge in [0.2, 0.25) is 17.7 Å². The van der Waals surface area contributed by atoms with E-state index in [2.05, 4.69) is 48.0 Å². The van der Waals surface area contributed by atoms with Gasteiger partial charge in [-0.15, -0.1) is 0 Å². The SMILES string of the molecule is Cn1nc(C2CCC(=O)NC2=O)c2cccc(NC(=O)CN3CCC(Cc4ccc(OCCCc5ccc(N6CCc7cccc(C(=O)Nc8nc9ccccc9s8)c7C6)nc5C(=O)O)cc4)CC3)c21. The number of para-hydroxylation sites is 2. The molecule has 1 unspecified atom stereocenters. The van der Waals surface area contributed by atoms with Crippen LogP contribution in [0.5, 0.6) is 5.75 Å². The van der Waals surface area contributed by atoms with Crippen molar-refractivity contribution in [2.75, 3.05) is 48.3 Å². The van der Waals surface area contributed by atoms with Gasteiger partial charge in [0.25, 0.3) is 5.91 Å². The van der Waals surface area contributed by atoms with Gasteiger partial charge in [-0.2, -0.15) is 5.10 Å². The minimum Gasteiger partial charge on any atom is -0.494 e. The predicted molar refractivity (Wildman–Crippen MR) is 268 cm³/mol. The van der Waals surface area contributed by atoms with Crippen LogP contribution in [0.15, 0.2) is 97.1 Å². The first-order chi connectivity index (χ1) is 34.0. The van der Waals surface area contributed by atoms with E-state index in [-0.39, 0.29) is 42.3 Å². The van der Waals surface area contributed by atoms with Crippen LogP contribution in [0.2, 0.25) is 0 Å². The smallest absolute Gasteiger partial charge is 0.354 e. The Labute approximate surface area is 408 Å². The lowest BCUT2D eigenvalue weighted by molar-refractivity contribution is -0.134. The van der Waals surface area contributed by atoms with Crippen molar-refractivity contribution < 1.29 is 33.8 Å². The first-order valence-corrected chi connectivity index (χ1v) is 24.6. The number of likely N-dealkylation sites (tertiary alicyclic amines) is 1. The molecular formula is C53H53N9O7S. The number of imide groups is 1. The number of anilines is 3. The molecule has 7 aromatic rings. The van der Waals surface area contributed by atoms with Gasteiger partial charge in [0.1, 0.15) is 11.6 Å². The van der Waals surface area contributed by atoms with Gasteiger partial charge in [0.05, 0.1) is 46.2 Å². The lowest BCUT2D eigenvalue weighted by Gasteiger charge is -2.31. The third-order valence-corrected chi connectivity index (χ3v) is 14.6. The Hall–Kier alpha value is -7.50. The number of amides is 4. The zero-order chi connectivity index (χ0) is 48.3. The van der Waals surface area contributed by atoms with E-state index in [9.17, 15) is 29.1 Å². The summed E-state index contributed by atoms with van der Waals surface area (Å²) in [4.78, 5) is 77.1. The normalized spacial score (nSPS) is 16.5. The molecule has 4 aromatic carbocycles. The zero-order valence-corrected chi connectivity index (χ0v) is 39.6. The minimum absolute atomic E-state index is 0.0192. The Morgan fingerprint density at radius 1 is 0.871 bits per heavy atom. The Morgan fingerprint density at radius 2 is 1.69 bits per heavy atom. The molecule has 4 amide bonds. The summed E-state index contributed by atoms with van der Waals surface area (Å²) in [6, 6.07) is 31.0. The van der Waals surface area contributed by atoms with Crippen LogP contribution in [0.1, 0.15) is 86.8 Å². The summed E-state index contributed by atoms with van der Waals surface area (Å²) in [6.07, 6.45) is 5.34. The Kier molecular flexibility index (Phi) is 13.4. The highest BCUT2D eigenvalue weighted by Crippen LogP contribution is 2.34. The molecule has 3 aromatic heterocycles. The minimum atomic E-state index is -1.09. The molecule has 3 aliphatic rings. The number of nitrogens with one attached hydrogen (secondary N) is 3. The molecule has 70 heavy (non-hydrogen) atoms. The third-order valence-electron chi connectivity index (χ3n) is 13.6. The van der Waals surface area contributed by atoms with E-state index in [0.29, 0.717) is 84.8 Å². The van der Waals surface area contributed by atoms with Gasteiger partial charge in [-0.1, -0.05) is 65.9 Å². The number of ether oxygens (including phenoxy) is 1. The molecule has 3 aliphatic heterocycles. The first kappa shape index (κ1) is 46.2. The van der Waals surface area contributed by atoms with Gasteiger partial charge in [-0.05, 0) is 129 Å². The van der Waals surface area contributed by atoms with Crippen LogP contribution in [0.25, 0.3) is 21.1 Å². The highest BCUT2D eigenvalue weighted by molar-refractivity contribution is 7.22. The van der Waals surface area contributed by atoms with Gasteiger partial charge in [-0.3, -0.25) is 39.4 Å². The van der Waals surface area contributed by atoms with Crippen LogP contribution in [0.3, 0.4) is 0 Å². The lowest BCUT2D eigenvalue weighted by Crippen LogP contribution is -2.39. The second kappa shape index (κ2) is 20.2. The van der Waals surface area contributed by atoms with Gasteiger partial charge >= 0.3 is 5.97 Å². The fourth-order valence-electron chi connectivity index (χ4n) is 10.0. The molecule has 4 N–H and O–H groups in total. The molecule has 0 radical (unpaired) electrons. The molecule has 0 spiro atoms. The molecule has 0 bridgehead atoms. The molecule has 6 heterocycles. The second-order valence-corrected chi connectivity index (χ2v) is 19.4. The standard InChI is InChI=1S/C53H53N9O7S/c1-60-49-38(48(59-60)39-19-21-45(63)57-51(39)66)10-5-12-42(49)54-46(64)31-61-25-22-33(23-26-61)29-32-14-17-36(18-15-32)69-28-6-8-35-16-20-44(56-47(35)52(67)68)62-27-24-34-7-4-9-37(40(34)30-62)50(65)58-53-55-41-11-2-3-13-43(41)70-53/h2-5,7,9-18,20,33,39H,6,8,19,21-31H2,1H3,(H,54,64)(H,67,68)(H,55,58,65)(H,57,63,66). The van der Waals surface area contributed by atoms with Crippen LogP contribution in [-0.4, -0.2) is 92.1 Å². The Bertz CT molecular complexity index is 3110. The van der Waals surface area contributed by atoms with E-state index in [1.54, 1.807) is 11.7 Å². The largest absolute Gasteiger partial charge is 0.494 e. The average Bonchev–Trinajstić information content (AvgIpc) is 3.93. The van der Waals surface area contributed by atoms with Crippen molar-refractivity contribution in [1.82, 2.24) is 30.0 Å².